The van der Waals surface area contributed by atoms with Gasteiger partial charge < -0.3 is 10.6 Å². The van der Waals surface area contributed by atoms with Crippen LogP contribution in [0.15, 0.2) is 24.3 Å². The van der Waals surface area contributed by atoms with Crippen molar-refractivity contribution in [3.8, 4) is 0 Å². The van der Waals surface area contributed by atoms with Crippen molar-refractivity contribution in [2.45, 2.75) is 38.6 Å². The van der Waals surface area contributed by atoms with E-state index in [2.05, 4.69) is 41.8 Å². The Balaban J connectivity index is 1.61. The van der Waals surface area contributed by atoms with Gasteiger partial charge in [0.25, 0.3) is 0 Å². The van der Waals surface area contributed by atoms with Crippen molar-refractivity contribution in [3.05, 3.63) is 35.4 Å². The summed E-state index contributed by atoms with van der Waals surface area (Å²) in [4.78, 5) is 12.3. The molecule has 3 nitrogen and oxygen atoms in total. The molecule has 0 bridgehead atoms. The van der Waals surface area contributed by atoms with Gasteiger partial charge in [-0.05, 0) is 55.3 Å². The van der Waals surface area contributed by atoms with Gasteiger partial charge in [-0.2, -0.15) is 0 Å². The molecule has 0 radical (unpaired) electrons. The molecule has 20 heavy (non-hydrogen) atoms. The van der Waals surface area contributed by atoms with Crippen LogP contribution >= 0.6 is 0 Å². The lowest BCUT2D eigenvalue weighted by atomic mass is 9.93. The van der Waals surface area contributed by atoms with Gasteiger partial charge >= 0.3 is 0 Å². The third-order valence-electron chi connectivity index (χ3n) is 4.75. The number of piperidine rings is 1. The van der Waals surface area contributed by atoms with E-state index in [-0.39, 0.29) is 11.9 Å². The molecule has 1 aromatic rings. The first-order valence-corrected chi connectivity index (χ1v) is 7.82. The molecule has 1 amide bonds. The van der Waals surface area contributed by atoms with Crippen LogP contribution in [0, 0.1) is 11.8 Å². The molecular formula is C17H24N2O. The highest BCUT2D eigenvalue weighted by molar-refractivity contribution is 5.77. The number of hydrogen-bond acceptors (Lipinski definition) is 2. The van der Waals surface area contributed by atoms with Crippen LogP contribution < -0.4 is 10.6 Å². The highest BCUT2D eigenvalue weighted by atomic mass is 16.1. The standard InChI is InChI=1S/C17H24N2O/c1-12-10-14-4-2-3-5-15(14)17(12)19-16(20)11-13-6-8-18-9-7-13/h2-5,12-13,17-18H,6-11H2,1H3,(H,19,20)/t12-,17+/m0/s1. The van der Waals surface area contributed by atoms with Gasteiger partial charge in [0, 0.05) is 6.42 Å². The molecule has 3 heteroatoms. The number of fused-ring (bicyclic) bond motifs is 1. The van der Waals surface area contributed by atoms with E-state index < -0.39 is 0 Å². The summed E-state index contributed by atoms with van der Waals surface area (Å²) in [5, 5.41) is 6.62. The van der Waals surface area contributed by atoms with Crippen molar-refractivity contribution in [2.75, 3.05) is 13.1 Å². The van der Waals surface area contributed by atoms with Gasteiger partial charge in [-0.15, -0.1) is 0 Å². The summed E-state index contributed by atoms with van der Waals surface area (Å²) in [6, 6.07) is 8.72. The quantitative estimate of drug-likeness (QED) is 0.887. The Morgan fingerprint density at radius 1 is 1.30 bits per heavy atom. The fraction of sp³-hybridized carbons (Fsp3) is 0.588. The summed E-state index contributed by atoms with van der Waals surface area (Å²) >= 11 is 0. The number of hydrogen-bond donors (Lipinski definition) is 2. The predicted octanol–water partition coefficient (Wildman–Crippen LogP) is 2.43. The predicted molar refractivity (Wildman–Crippen MR) is 80.4 cm³/mol. The van der Waals surface area contributed by atoms with E-state index in [4.69, 9.17) is 0 Å². The molecule has 1 saturated heterocycles. The monoisotopic (exact) mass is 272 g/mol. The first kappa shape index (κ1) is 13.6. The zero-order valence-corrected chi connectivity index (χ0v) is 12.2. The zero-order chi connectivity index (χ0) is 13.9. The molecule has 0 spiro atoms. The molecule has 2 aliphatic rings. The van der Waals surface area contributed by atoms with E-state index in [1.165, 1.54) is 11.1 Å². The van der Waals surface area contributed by atoms with Gasteiger partial charge in [0.15, 0.2) is 0 Å². The largest absolute Gasteiger partial charge is 0.349 e. The third kappa shape index (κ3) is 2.88. The number of benzene rings is 1. The summed E-state index contributed by atoms with van der Waals surface area (Å²) in [6.07, 6.45) is 4.02. The van der Waals surface area contributed by atoms with E-state index >= 15 is 0 Å². The highest BCUT2D eigenvalue weighted by Gasteiger charge is 2.30. The second-order valence-corrected chi connectivity index (χ2v) is 6.32. The smallest absolute Gasteiger partial charge is 0.220 e. The Morgan fingerprint density at radius 2 is 2.05 bits per heavy atom. The van der Waals surface area contributed by atoms with Gasteiger partial charge in [-0.1, -0.05) is 31.2 Å². The van der Waals surface area contributed by atoms with Crippen LogP contribution in [0.2, 0.25) is 0 Å². The first-order chi connectivity index (χ1) is 9.74. The molecule has 1 aromatic carbocycles. The number of rotatable bonds is 3. The number of amides is 1. The minimum atomic E-state index is 0.209. The molecule has 108 valence electrons. The van der Waals surface area contributed by atoms with E-state index in [1.54, 1.807) is 0 Å². The normalized spacial score (nSPS) is 26.2. The van der Waals surface area contributed by atoms with E-state index in [0.717, 1.165) is 32.4 Å². The second kappa shape index (κ2) is 5.96. The molecule has 3 rings (SSSR count). The lowest BCUT2D eigenvalue weighted by molar-refractivity contribution is -0.123. The first-order valence-electron chi connectivity index (χ1n) is 7.82. The summed E-state index contributed by atoms with van der Waals surface area (Å²) < 4.78 is 0. The Kier molecular flexibility index (Phi) is 4.06. The summed E-state index contributed by atoms with van der Waals surface area (Å²) in [5.74, 6) is 1.29. The maximum atomic E-state index is 12.3. The summed E-state index contributed by atoms with van der Waals surface area (Å²) in [7, 11) is 0. The van der Waals surface area contributed by atoms with Gasteiger partial charge in [0.05, 0.1) is 6.04 Å². The van der Waals surface area contributed by atoms with Crippen molar-refractivity contribution >= 4 is 5.91 Å². The second-order valence-electron chi connectivity index (χ2n) is 6.32. The van der Waals surface area contributed by atoms with Crippen molar-refractivity contribution in [1.82, 2.24) is 10.6 Å². The number of carbonyl (C=O) groups is 1. The lowest BCUT2D eigenvalue weighted by Gasteiger charge is -2.24. The van der Waals surface area contributed by atoms with Crippen LogP contribution in [0.4, 0.5) is 0 Å². The molecule has 1 aliphatic carbocycles. The van der Waals surface area contributed by atoms with E-state index in [9.17, 15) is 4.79 Å². The molecule has 1 heterocycles. The fourth-order valence-corrected chi connectivity index (χ4v) is 3.60. The van der Waals surface area contributed by atoms with Crippen molar-refractivity contribution in [3.63, 3.8) is 0 Å². The third-order valence-corrected chi connectivity index (χ3v) is 4.75. The average Bonchev–Trinajstić information content (AvgIpc) is 2.76. The Hall–Kier alpha value is -1.35. The van der Waals surface area contributed by atoms with Gasteiger partial charge in [-0.25, -0.2) is 0 Å². The summed E-state index contributed by atoms with van der Waals surface area (Å²) in [6.45, 7) is 4.34. The molecule has 0 unspecified atom stereocenters. The molecule has 2 N–H and O–H groups in total. The minimum absolute atomic E-state index is 0.209. The van der Waals surface area contributed by atoms with Gasteiger partial charge in [0.1, 0.15) is 0 Å². The van der Waals surface area contributed by atoms with Crippen molar-refractivity contribution < 1.29 is 4.79 Å². The molecule has 1 aliphatic heterocycles. The SMILES string of the molecule is C[C@H]1Cc2ccccc2[C@@H]1NC(=O)CC1CCNCC1. The molecule has 0 aromatic heterocycles. The van der Waals surface area contributed by atoms with Crippen LogP contribution in [0.5, 0.6) is 0 Å². The van der Waals surface area contributed by atoms with Crippen molar-refractivity contribution in [1.29, 1.82) is 0 Å². The van der Waals surface area contributed by atoms with E-state index in [1.807, 2.05) is 0 Å². The Morgan fingerprint density at radius 3 is 2.85 bits per heavy atom. The van der Waals surface area contributed by atoms with Crippen LogP contribution in [-0.2, 0) is 11.2 Å². The lowest BCUT2D eigenvalue weighted by Crippen LogP contribution is -2.34. The Bertz CT molecular complexity index is 480. The maximum absolute atomic E-state index is 12.3. The zero-order valence-electron chi connectivity index (χ0n) is 12.2. The maximum Gasteiger partial charge on any atom is 0.220 e. The van der Waals surface area contributed by atoms with Crippen LogP contribution in [0.25, 0.3) is 0 Å². The van der Waals surface area contributed by atoms with Gasteiger partial charge in [0.2, 0.25) is 5.91 Å². The molecule has 1 fully saturated rings. The molecular weight excluding hydrogens is 248 g/mol. The van der Waals surface area contributed by atoms with Crippen LogP contribution in [-0.4, -0.2) is 19.0 Å². The van der Waals surface area contributed by atoms with Gasteiger partial charge in [-0.3, -0.25) is 4.79 Å². The van der Waals surface area contributed by atoms with Crippen LogP contribution in [0.1, 0.15) is 43.4 Å². The molecule has 0 saturated carbocycles. The summed E-state index contributed by atoms with van der Waals surface area (Å²) in [5.41, 5.74) is 2.71. The number of carbonyl (C=O) groups excluding carboxylic acids is 1. The van der Waals surface area contributed by atoms with Crippen LogP contribution in [0.3, 0.4) is 0 Å². The van der Waals surface area contributed by atoms with Crippen molar-refractivity contribution in [2.24, 2.45) is 11.8 Å². The average molecular weight is 272 g/mol. The minimum Gasteiger partial charge on any atom is -0.349 e. The number of nitrogens with one attached hydrogen (secondary N) is 2. The van der Waals surface area contributed by atoms with E-state index in [0.29, 0.717) is 18.3 Å². The highest BCUT2D eigenvalue weighted by Crippen LogP contribution is 2.35. The fourth-order valence-electron chi connectivity index (χ4n) is 3.60. The topological polar surface area (TPSA) is 41.1 Å². The Labute approximate surface area is 121 Å². The molecule has 2 atom stereocenters.